The van der Waals surface area contributed by atoms with Crippen molar-refractivity contribution in [2.45, 2.75) is 39.0 Å². The summed E-state index contributed by atoms with van der Waals surface area (Å²) in [5, 5.41) is 11.6. The minimum Gasteiger partial charge on any atom is -0.494 e. The van der Waals surface area contributed by atoms with Gasteiger partial charge in [-0.15, -0.1) is 0 Å². The van der Waals surface area contributed by atoms with E-state index in [2.05, 4.69) is 12.1 Å². The summed E-state index contributed by atoms with van der Waals surface area (Å²) in [7, 11) is 0. The van der Waals surface area contributed by atoms with E-state index in [1.165, 1.54) is 25.7 Å². The summed E-state index contributed by atoms with van der Waals surface area (Å²) in [5.74, 6) is 0.859. The fourth-order valence-electron chi connectivity index (χ4n) is 1.70. The van der Waals surface area contributed by atoms with Gasteiger partial charge in [-0.25, -0.2) is 0 Å². The SMILES string of the molecule is CCCCCCCOc1cccc(/C(N)=N/O)c1. The maximum atomic E-state index is 8.60. The molecule has 0 bridgehead atoms. The lowest BCUT2D eigenvalue weighted by Gasteiger charge is -2.07. The fourth-order valence-corrected chi connectivity index (χ4v) is 1.70. The summed E-state index contributed by atoms with van der Waals surface area (Å²) >= 11 is 0. The molecule has 3 N–H and O–H groups in total. The van der Waals surface area contributed by atoms with E-state index in [9.17, 15) is 0 Å². The normalized spacial score (nSPS) is 11.5. The highest BCUT2D eigenvalue weighted by atomic mass is 16.5. The van der Waals surface area contributed by atoms with Crippen molar-refractivity contribution in [3.05, 3.63) is 29.8 Å². The summed E-state index contributed by atoms with van der Waals surface area (Å²) in [5.41, 5.74) is 6.18. The molecule has 4 heteroatoms. The van der Waals surface area contributed by atoms with Crippen LogP contribution in [0.3, 0.4) is 0 Å². The van der Waals surface area contributed by atoms with Gasteiger partial charge in [0, 0.05) is 5.56 Å². The number of nitrogens with zero attached hydrogens (tertiary/aromatic N) is 1. The minimum atomic E-state index is 0.100. The number of unbranched alkanes of at least 4 members (excludes halogenated alkanes) is 4. The highest BCUT2D eigenvalue weighted by Gasteiger charge is 2.01. The third kappa shape index (κ3) is 5.08. The summed E-state index contributed by atoms with van der Waals surface area (Å²) in [4.78, 5) is 0. The molecule has 0 aliphatic carbocycles. The molecular weight excluding hydrogens is 228 g/mol. The van der Waals surface area contributed by atoms with E-state index < -0.39 is 0 Å². The molecule has 0 saturated carbocycles. The number of benzene rings is 1. The van der Waals surface area contributed by atoms with E-state index >= 15 is 0 Å². The average Bonchev–Trinajstić information content (AvgIpc) is 2.42. The number of ether oxygens (including phenoxy) is 1. The van der Waals surface area contributed by atoms with Crippen LogP contribution >= 0.6 is 0 Å². The monoisotopic (exact) mass is 250 g/mol. The summed E-state index contributed by atoms with van der Waals surface area (Å²) in [6.45, 7) is 2.92. The molecule has 0 aliphatic rings. The Kier molecular flexibility index (Phi) is 6.69. The first-order chi connectivity index (χ1) is 8.77. The van der Waals surface area contributed by atoms with E-state index in [4.69, 9.17) is 15.7 Å². The zero-order valence-corrected chi connectivity index (χ0v) is 10.9. The molecular formula is C14H22N2O2. The van der Waals surface area contributed by atoms with Crippen LogP contribution in [0.25, 0.3) is 0 Å². The predicted octanol–water partition coefficient (Wildman–Crippen LogP) is 3.13. The van der Waals surface area contributed by atoms with Crippen LogP contribution in [0.4, 0.5) is 0 Å². The predicted molar refractivity (Wildman–Crippen MR) is 73.2 cm³/mol. The molecule has 0 heterocycles. The molecule has 0 spiro atoms. The van der Waals surface area contributed by atoms with Crippen molar-refractivity contribution in [3.8, 4) is 5.75 Å². The van der Waals surface area contributed by atoms with Crippen LogP contribution < -0.4 is 10.5 Å². The number of nitrogens with two attached hydrogens (primary N) is 1. The smallest absolute Gasteiger partial charge is 0.170 e. The molecule has 1 aromatic carbocycles. The fraction of sp³-hybridized carbons (Fsp3) is 0.500. The molecule has 1 rings (SSSR count). The van der Waals surface area contributed by atoms with Crippen molar-refractivity contribution < 1.29 is 9.94 Å². The molecule has 0 radical (unpaired) electrons. The van der Waals surface area contributed by atoms with Crippen molar-refractivity contribution in [1.29, 1.82) is 0 Å². The largest absolute Gasteiger partial charge is 0.494 e. The first kappa shape index (κ1) is 14.4. The average molecular weight is 250 g/mol. The molecule has 1 aromatic rings. The summed E-state index contributed by atoms with van der Waals surface area (Å²) in [6, 6.07) is 7.27. The molecule has 0 aliphatic heterocycles. The number of oxime groups is 1. The number of hydrogen-bond acceptors (Lipinski definition) is 3. The van der Waals surface area contributed by atoms with E-state index in [0.717, 1.165) is 12.2 Å². The molecule has 18 heavy (non-hydrogen) atoms. The first-order valence-corrected chi connectivity index (χ1v) is 6.48. The van der Waals surface area contributed by atoms with Gasteiger partial charge >= 0.3 is 0 Å². The highest BCUT2D eigenvalue weighted by molar-refractivity contribution is 5.97. The molecule has 100 valence electrons. The summed E-state index contributed by atoms with van der Waals surface area (Å²) < 4.78 is 5.63. The van der Waals surface area contributed by atoms with Gasteiger partial charge in [-0.2, -0.15) is 0 Å². The van der Waals surface area contributed by atoms with Gasteiger partial charge in [0.15, 0.2) is 5.84 Å². The molecule has 0 amide bonds. The molecule has 0 saturated heterocycles. The second-order valence-electron chi connectivity index (χ2n) is 4.28. The Morgan fingerprint density at radius 1 is 1.28 bits per heavy atom. The molecule has 0 unspecified atom stereocenters. The van der Waals surface area contributed by atoms with Crippen LogP contribution in [0.2, 0.25) is 0 Å². The zero-order chi connectivity index (χ0) is 13.2. The van der Waals surface area contributed by atoms with Gasteiger partial charge < -0.3 is 15.7 Å². The minimum absolute atomic E-state index is 0.100. The second-order valence-corrected chi connectivity index (χ2v) is 4.28. The van der Waals surface area contributed by atoms with Crippen LogP contribution in [-0.4, -0.2) is 17.6 Å². The van der Waals surface area contributed by atoms with Gasteiger partial charge in [0.1, 0.15) is 5.75 Å². The van der Waals surface area contributed by atoms with Crippen LogP contribution in [0.15, 0.2) is 29.4 Å². The second kappa shape index (κ2) is 8.39. The first-order valence-electron chi connectivity index (χ1n) is 6.48. The molecule has 0 fully saturated rings. The van der Waals surface area contributed by atoms with Gasteiger partial charge in [0.05, 0.1) is 6.61 Å². The lowest BCUT2D eigenvalue weighted by Crippen LogP contribution is -2.13. The van der Waals surface area contributed by atoms with Gasteiger partial charge in [-0.05, 0) is 18.6 Å². The Morgan fingerprint density at radius 3 is 2.78 bits per heavy atom. The number of hydrogen-bond donors (Lipinski definition) is 2. The number of rotatable bonds is 8. The van der Waals surface area contributed by atoms with Crippen LogP contribution in [0, 0.1) is 0 Å². The highest BCUT2D eigenvalue weighted by Crippen LogP contribution is 2.14. The van der Waals surface area contributed by atoms with Crippen LogP contribution in [-0.2, 0) is 0 Å². The topological polar surface area (TPSA) is 67.8 Å². The Bertz CT molecular complexity index is 378. The molecule has 0 atom stereocenters. The Labute approximate surface area is 108 Å². The maximum absolute atomic E-state index is 8.60. The van der Waals surface area contributed by atoms with Gasteiger partial charge in [0.25, 0.3) is 0 Å². The van der Waals surface area contributed by atoms with Crippen LogP contribution in [0.5, 0.6) is 5.75 Å². The maximum Gasteiger partial charge on any atom is 0.170 e. The van der Waals surface area contributed by atoms with E-state index in [1.807, 2.05) is 12.1 Å². The standard InChI is InChI=1S/C14H22N2O2/c1-2-3-4-5-6-10-18-13-9-7-8-12(11-13)14(15)16-17/h7-9,11,17H,2-6,10H2,1H3,(H2,15,16). The third-order valence-electron chi connectivity index (χ3n) is 2.75. The van der Waals surface area contributed by atoms with Gasteiger partial charge in [0.2, 0.25) is 0 Å². The quantitative estimate of drug-likeness (QED) is 0.245. The Hall–Kier alpha value is -1.71. The van der Waals surface area contributed by atoms with Crippen molar-refractivity contribution in [1.82, 2.24) is 0 Å². The molecule has 4 nitrogen and oxygen atoms in total. The zero-order valence-electron chi connectivity index (χ0n) is 10.9. The van der Waals surface area contributed by atoms with Crippen LogP contribution in [0.1, 0.15) is 44.6 Å². The van der Waals surface area contributed by atoms with E-state index in [1.54, 1.807) is 12.1 Å². The summed E-state index contributed by atoms with van der Waals surface area (Å²) in [6.07, 6.45) is 6.08. The van der Waals surface area contributed by atoms with Gasteiger partial charge in [-0.1, -0.05) is 49.9 Å². The lowest BCUT2D eigenvalue weighted by atomic mass is 10.2. The van der Waals surface area contributed by atoms with E-state index in [0.29, 0.717) is 12.2 Å². The Morgan fingerprint density at radius 2 is 2.06 bits per heavy atom. The van der Waals surface area contributed by atoms with Gasteiger partial charge in [-0.3, -0.25) is 0 Å². The van der Waals surface area contributed by atoms with Crippen molar-refractivity contribution in [3.63, 3.8) is 0 Å². The number of amidine groups is 1. The Balaban J connectivity index is 2.34. The van der Waals surface area contributed by atoms with Crippen molar-refractivity contribution in [2.24, 2.45) is 10.9 Å². The van der Waals surface area contributed by atoms with E-state index in [-0.39, 0.29) is 5.84 Å². The van der Waals surface area contributed by atoms with Crippen molar-refractivity contribution >= 4 is 5.84 Å². The third-order valence-corrected chi connectivity index (χ3v) is 2.75. The van der Waals surface area contributed by atoms with Crippen molar-refractivity contribution in [2.75, 3.05) is 6.61 Å². The lowest BCUT2D eigenvalue weighted by molar-refractivity contribution is 0.304. The molecule has 0 aromatic heterocycles.